The van der Waals surface area contributed by atoms with Crippen molar-refractivity contribution in [2.24, 2.45) is 0 Å². The minimum Gasteiger partial charge on any atom is -0.313 e. The highest BCUT2D eigenvalue weighted by Crippen LogP contribution is 2.63. The van der Waals surface area contributed by atoms with Gasteiger partial charge < -0.3 is 4.57 Å². The summed E-state index contributed by atoms with van der Waals surface area (Å²) in [7, 11) is 0. The van der Waals surface area contributed by atoms with Gasteiger partial charge in [-0.25, -0.2) is 9.97 Å². The van der Waals surface area contributed by atoms with Crippen molar-refractivity contribution >= 4 is 33.3 Å². The van der Waals surface area contributed by atoms with Crippen molar-refractivity contribution in [1.29, 1.82) is 0 Å². The third-order valence-electron chi connectivity index (χ3n) is 13.0. The number of benzene rings is 8. The fourth-order valence-corrected chi connectivity index (χ4v) is 10.3. The average molecular weight is 778 g/mol. The van der Waals surface area contributed by atoms with Crippen molar-refractivity contribution < 1.29 is 0 Å². The molecule has 0 atom stereocenters. The van der Waals surface area contributed by atoms with Gasteiger partial charge in [-0.1, -0.05) is 176 Å². The van der Waals surface area contributed by atoms with Gasteiger partial charge in [0, 0.05) is 39.0 Å². The Morgan fingerprint density at radius 3 is 1.62 bits per heavy atom. The molecular weight excluding hydrogens is 739 g/mol. The molecule has 0 N–H and O–H groups in total. The molecule has 286 valence electrons. The topological polar surface area (TPSA) is 30.7 Å². The Kier molecular flexibility index (Phi) is 7.82. The molecule has 0 saturated carbocycles. The molecule has 0 aliphatic heterocycles. The Hall–Kier alpha value is -7.88. The van der Waals surface area contributed by atoms with E-state index in [9.17, 15) is 0 Å². The van der Waals surface area contributed by atoms with Crippen LogP contribution in [0.15, 0.2) is 207 Å². The van der Waals surface area contributed by atoms with Gasteiger partial charge in [0.2, 0.25) is 0 Å². The first-order chi connectivity index (χ1) is 30.1. The number of nitrogens with zero attached hydrogens (tertiary/aromatic N) is 3. The van der Waals surface area contributed by atoms with Crippen molar-refractivity contribution in [3.63, 3.8) is 0 Å². The maximum atomic E-state index is 5.24. The van der Waals surface area contributed by atoms with Crippen LogP contribution in [0.3, 0.4) is 0 Å². The van der Waals surface area contributed by atoms with Gasteiger partial charge in [-0.2, -0.15) is 0 Å². The molecule has 8 aromatic carbocycles. The van der Waals surface area contributed by atoms with E-state index in [1.54, 1.807) is 0 Å². The van der Waals surface area contributed by atoms with Crippen LogP contribution >= 0.6 is 0 Å². The molecule has 0 saturated heterocycles. The maximum Gasteiger partial charge on any atom is 0.160 e. The summed E-state index contributed by atoms with van der Waals surface area (Å²) in [4.78, 5) is 10.5. The van der Waals surface area contributed by atoms with Crippen LogP contribution in [-0.2, 0) is 5.41 Å². The first kappa shape index (κ1) is 35.1. The van der Waals surface area contributed by atoms with E-state index in [0.717, 1.165) is 50.5 Å². The molecule has 12 rings (SSSR count). The highest BCUT2D eigenvalue weighted by atomic mass is 15.0. The summed E-state index contributed by atoms with van der Waals surface area (Å²) in [6.07, 6.45) is 4.17. The molecule has 1 spiro atoms. The number of aromatic nitrogens is 3. The first-order valence-corrected chi connectivity index (χ1v) is 20.9. The van der Waals surface area contributed by atoms with Crippen LogP contribution in [0.1, 0.15) is 39.3 Å². The molecule has 0 bridgehead atoms. The maximum absolute atomic E-state index is 5.24. The van der Waals surface area contributed by atoms with Crippen molar-refractivity contribution in [2.75, 3.05) is 0 Å². The van der Waals surface area contributed by atoms with E-state index in [-0.39, 0.29) is 0 Å². The third kappa shape index (κ3) is 5.17. The van der Waals surface area contributed by atoms with E-state index in [2.05, 4.69) is 206 Å². The average Bonchev–Trinajstić information content (AvgIpc) is 3.90. The van der Waals surface area contributed by atoms with Crippen LogP contribution < -0.4 is 0 Å². The van der Waals surface area contributed by atoms with E-state index in [4.69, 9.17) is 9.97 Å². The Balaban J connectivity index is 1.16. The Morgan fingerprint density at radius 1 is 0.508 bits per heavy atom. The molecule has 3 heteroatoms. The zero-order chi connectivity index (χ0) is 40.7. The zero-order valence-corrected chi connectivity index (χ0v) is 33.7. The fourth-order valence-electron chi connectivity index (χ4n) is 10.3. The number of fused-ring (bicyclic) bond motifs is 12. The molecule has 3 nitrogen and oxygen atoms in total. The number of allylic oxidation sites excluding steroid dienone is 2. The Bertz CT molecular complexity index is 3340. The summed E-state index contributed by atoms with van der Waals surface area (Å²) in [5.74, 6) is 0.630. The van der Waals surface area contributed by atoms with Gasteiger partial charge in [0.15, 0.2) is 5.82 Å². The standard InChI is InChI=1S/C58H39N3/c1-3-38(57-59-54(40-19-6-4-7-20-40)36-55(60-57)41-21-8-5-9-22-41)33-47-37(2)61(43-31-30-39-18-10-11-23-42(39)32-43)56-35-48-46-26-14-17-29-52(46)58(53(48)34-49(47)56)50-27-15-12-24-44(50)45-25-13-16-28-51(45)58/h3-36H,1H2,2H3/b38-33+. The van der Waals surface area contributed by atoms with Gasteiger partial charge >= 0.3 is 0 Å². The largest absolute Gasteiger partial charge is 0.313 e. The highest BCUT2D eigenvalue weighted by molar-refractivity contribution is 6.05. The second kappa shape index (κ2) is 13.6. The molecule has 0 unspecified atom stereocenters. The molecule has 2 aliphatic rings. The monoisotopic (exact) mass is 777 g/mol. The molecule has 2 heterocycles. The molecule has 0 fully saturated rings. The van der Waals surface area contributed by atoms with Crippen LogP contribution in [0.2, 0.25) is 0 Å². The van der Waals surface area contributed by atoms with Gasteiger partial charge in [0.05, 0.1) is 22.3 Å². The van der Waals surface area contributed by atoms with Crippen molar-refractivity contribution in [3.05, 3.63) is 246 Å². The summed E-state index contributed by atoms with van der Waals surface area (Å²) < 4.78 is 2.44. The molecule has 0 amide bonds. The molecule has 10 aromatic rings. The van der Waals surface area contributed by atoms with Crippen molar-refractivity contribution in [1.82, 2.24) is 14.5 Å². The molecular formula is C58H39N3. The summed E-state index contributed by atoms with van der Waals surface area (Å²) in [5, 5.41) is 3.59. The van der Waals surface area contributed by atoms with E-state index < -0.39 is 5.41 Å². The zero-order valence-electron chi connectivity index (χ0n) is 33.7. The first-order valence-electron chi connectivity index (χ1n) is 20.9. The van der Waals surface area contributed by atoms with Crippen LogP contribution in [0.25, 0.3) is 83.8 Å². The van der Waals surface area contributed by atoms with Gasteiger partial charge in [0.25, 0.3) is 0 Å². The van der Waals surface area contributed by atoms with Gasteiger partial charge in [-0.05, 0) is 98.6 Å². The van der Waals surface area contributed by atoms with Crippen LogP contribution in [0.5, 0.6) is 0 Å². The quantitative estimate of drug-likeness (QED) is 0.157. The number of rotatable bonds is 6. The van der Waals surface area contributed by atoms with Crippen LogP contribution in [0.4, 0.5) is 0 Å². The van der Waals surface area contributed by atoms with E-state index in [0.29, 0.717) is 5.82 Å². The lowest BCUT2D eigenvalue weighted by Crippen LogP contribution is -2.25. The molecule has 61 heavy (non-hydrogen) atoms. The summed E-state index contributed by atoms with van der Waals surface area (Å²) in [5.41, 5.74) is 19.1. The predicted octanol–water partition coefficient (Wildman–Crippen LogP) is 14.3. The fraction of sp³-hybridized carbons (Fsp3) is 0.0345. The number of hydrogen-bond acceptors (Lipinski definition) is 2. The summed E-state index contributed by atoms with van der Waals surface area (Å²) >= 11 is 0. The van der Waals surface area contributed by atoms with Crippen molar-refractivity contribution in [2.45, 2.75) is 12.3 Å². The summed E-state index contributed by atoms with van der Waals surface area (Å²) in [6, 6.07) is 70.2. The van der Waals surface area contributed by atoms with Crippen LogP contribution in [0, 0.1) is 6.92 Å². The highest BCUT2D eigenvalue weighted by Gasteiger charge is 2.51. The molecule has 2 aliphatic carbocycles. The van der Waals surface area contributed by atoms with E-state index >= 15 is 0 Å². The SMILES string of the molecule is C=C/C(=C\c1c(C)n(-c2ccc3ccccc3c2)c2cc3c(cc12)C1(c2ccccc2-c2ccccc21)c1ccccc1-3)c1nc(-c2ccccc2)cc(-c2ccccc2)n1. The second-order valence-corrected chi connectivity index (χ2v) is 16.2. The normalized spacial score (nSPS) is 13.3. The molecule has 0 radical (unpaired) electrons. The molecule has 2 aromatic heterocycles. The lowest BCUT2D eigenvalue weighted by molar-refractivity contribution is 0.795. The van der Waals surface area contributed by atoms with Gasteiger partial charge in [-0.3, -0.25) is 0 Å². The van der Waals surface area contributed by atoms with E-state index in [1.807, 2.05) is 18.2 Å². The van der Waals surface area contributed by atoms with Crippen molar-refractivity contribution in [3.8, 4) is 50.5 Å². The lowest BCUT2D eigenvalue weighted by atomic mass is 9.70. The van der Waals surface area contributed by atoms with E-state index in [1.165, 1.54) is 60.7 Å². The third-order valence-corrected chi connectivity index (χ3v) is 13.0. The number of hydrogen-bond donors (Lipinski definition) is 0. The van der Waals surface area contributed by atoms with Gasteiger partial charge in [-0.15, -0.1) is 0 Å². The Morgan fingerprint density at radius 2 is 1.03 bits per heavy atom. The smallest absolute Gasteiger partial charge is 0.160 e. The Labute approximate surface area is 355 Å². The van der Waals surface area contributed by atoms with Crippen LogP contribution in [-0.4, -0.2) is 14.5 Å². The second-order valence-electron chi connectivity index (χ2n) is 16.2. The van der Waals surface area contributed by atoms with Gasteiger partial charge in [0.1, 0.15) is 0 Å². The predicted molar refractivity (Wildman–Crippen MR) is 253 cm³/mol. The summed E-state index contributed by atoms with van der Waals surface area (Å²) in [6.45, 7) is 6.63. The lowest BCUT2D eigenvalue weighted by Gasteiger charge is -2.30. The minimum atomic E-state index is -0.466. The minimum absolute atomic E-state index is 0.466.